The maximum absolute atomic E-state index is 13.1. The fraction of sp³-hybridized carbons (Fsp3) is 0.632. The lowest BCUT2D eigenvalue weighted by molar-refractivity contribution is -0.146. The average Bonchev–Trinajstić information content (AvgIpc) is 2.90. The summed E-state index contributed by atoms with van der Waals surface area (Å²) < 4.78 is 0. The molecule has 2 aliphatic heterocycles. The van der Waals surface area contributed by atoms with Crippen LogP contribution in [0.2, 0.25) is 0 Å². The molecule has 3 nitrogen and oxygen atoms in total. The van der Waals surface area contributed by atoms with E-state index >= 15 is 0 Å². The lowest BCUT2D eigenvalue weighted by Crippen LogP contribution is -2.50. The second-order valence-electron chi connectivity index (χ2n) is 7.41. The van der Waals surface area contributed by atoms with Gasteiger partial charge in [0, 0.05) is 25.7 Å². The summed E-state index contributed by atoms with van der Waals surface area (Å²) in [5.41, 5.74) is 2.42. The molecule has 2 aliphatic rings. The molecule has 0 radical (unpaired) electrons. The highest BCUT2D eigenvalue weighted by Crippen LogP contribution is 2.41. The summed E-state index contributed by atoms with van der Waals surface area (Å²) >= 11 is 0. The number of amides is 1. The number of likely N-dealkylation sites (tertiary alicyclic amines) is 2. The van der Waals surface area contributed by atoms with Gasteiger partial charge in [0.25, 0.3) is 0 Å². The number of rotatable bonds is 3. The Morgan fingerprint density at radius 3 is 2.73 bits per heavy atom. The Bertz CT molecular complexity index is 554. The van der Waals surface area contributed by atoms with Crippen LogP contribution >= 0.6 is 0 Å². The minimum atomic E-state index is -0.105. The van der Waals surface area contributed by atoms with Gasteiger partial charge in [-0.2, -0.15) is 0 Å². The number of hydrogen-bond donors (Lipinski definition) is 0. The smallest absolute Gasteiger partial charge is 0.230 e. The van der Waals surface area contributed by atoms with E-state index in [9.17, 15) is 4.79 Å². The third-order valence-electron chi connectivity index (χ3n) is 5.39. The summed E-state index contributed by atoms with van der Waals surface area (Å²) in [5, 5.41) is 0. The first kappa shape index (κ1) is 15.5. The van der Waals surface area contributed by atoms with E-state index in [1.165, 1.54) is 11.1 Å². The number of hydrogen-bond acceptors (Lipinski definition) is 2. The molecule has 2 heterocycles. The average molecular weight is 300 g/mol. The van der Waals surface area contributed by atoms with Gasteiger partial charge in [-0.25, -0.2) is 0 Å². The predicted molar refractivity (Wildman–Crippen MR) is 89.6 cm³/mol. The first-order valence-electron chi connectivity index (χ1n) is 8.59. The zero-order chi connectivity index (χ0) is 15.7. The zero-order valence-electron chi connectivity index (χ0n) is 14.1. The van der Waals surface area contributed by atoms with E-state index in [4.69, 9.17) is 0 Å². The van der Waals surface area contributed by atoms with Gasteiger partial charge in [0.1, 0.15) is 0 Å². The van der Waals surface area contributed by atoms with E-state index in [1.807, 2.05) is 0 Å². The Hall–Kier alpha value is -1.35. The van der Waals surface area contributed by atoms with Crippen LogP contribution < -0.4 is 0 Å². The molecule has 120 valence electrons. The van der Waals surface area contributed by atoms with E-state index in [1.54, 1.807) is 0 Å². The van der Waals surface area contributed by atoms with Crippen LogP contribution in [0.4, 0.5) is 0 Å². The quantitative estimate of drug-likeness (QED) is 0.856. The molecular formula is C19H28N2O. The number of aryl methyl sites for hydroxylation is 1. The lowest BCUT2D eigenvalue weighted by atomic mass is 9.78. The van der Waals surface area contributed by atoms with Crippen molar-refractivity contribution in [1.82, 2.24) is 9.80 Å². The molecule has 0 saturated carbocycles. The van der Waals surface area contributed by atoms with Crippen LogP contribution in [0.15, 0.2) is 24.3 Å². The summed E-state index contributed by atoms with van der Waals surface area (Å²) in [6.07, 6.45) is 3.25. The molecule has 2 fully saturated rings. The van der Waals surface area contributed by atoms with Gasteiger partial charge in [0.2, 0.25) is 5.91 Å². The monoisotopic (exact) mass is 300 g/mol. The summed E-state index contributed by atoms with van der Waals surface area (Å²) in [6.45, 7) is 10.3. The van der Waals surface area contributed by atoms with Crippen molar-refractivity contribution in [2.45, 2.75) is 52.6 Å². The topological polar surface area (TPSA) is 23.6 Å². The molecule has 22 heavy (non-hydrogen) atoms. The van der Waals surface area contributed by atoms with Crippen LogP contribution in [-0.2, 0) is 11.3 Å². The Morgan fingerprint density at radius 1 is 1.23 bits per heavy atom. The maximum atomic E-state index is 13.1. The van der Waals surface area contributed by atoms with Crippen molar-refractivity contribution in [2.75, 3.05) is 19.6 Å². The van der Waals surface area contributed by atoms with E-state index in [0.29, 0.717) is 11.9 Å². The molecule has 0 aliphatic carbocycles. The van der Waals surface area contributed by atoms with Gasteiger partial charge >= 0.3 is 0 Å². The maximum Gasteiger partial charge on any atom is 0.230 e. The first-order valence-corrected chi connectivity index (χ1v) is 8.59. The molecule has 3 heteroatoms. The molecule has 0 aromatic heterocycles. The molecular weight excluding hydrogens is 272 g/mol. The van der Waals surface area contributed by atoms with Crippen molar-refractivity contribution in [3.63, 3.8) is 0 Å². The number of piperidine rings is 1. The van der Waals surface area contributed by atoms with Crippen molar-refractivity contribution < 1.29 is 4.79 Å². The standard InChI is InChI=1S/C19H28N2O/c1-15(2)21-11-9-19(14-21)8-5-10-20(18(19)22)13-17-7-4-6-16(3)12-17/h4,6-7,12,15H,5,8-11,13-14H2,1-3H3. The molecule has 1 atom stereocenters. The second kappa shape index (κ2) is 6.04. The van der Waals surface area contributed by atoms with Gasteiger partial charge in [-0.15, -0.1) is 0 Å². The first-order chi connectivity index (χ1) is 10.5. The van der Waals surface area contributed by atoms with Crippen LogP contribution in [0.25, 0.3) is 0 Å². The molecule has 1 spiro atoms. The Labute approximate surface area is 134 Å². The summed E-state index contributed by atoms with van der Waals surface area (Å²) in [6, 6.07) is 9.07. The van der Waals surface area contributed by atoms with E-state index in [2.05, 4.69) is 54.8 Å². The van der Waals surface area contributed by atoms with Crippen LogP contribution in [0.1, 0.15) is 44.2 Å². The fourth-order valence-electron chi connectivity index (χ4n) is 4.06. The van der Waals surface area contributed by atoms with Crippen molar-refractivity contribution in [2.24, 2.45) is 5.41 Å². The largest absolute Gasteiger partial charge is 0.338 e. The van der Waals surface area contributed by atoms with E-state index in [0.717, 1.165) is 45.4 Å². The van der Waals surface area contributed by atoms with Crippen LogP contribution in [0.5, 0.6) is 0 Å². The number of nitrogens with zero attached hydrogens (tertiary/aromatic N) is 2. The SMILES string of the molecule is Cc1cccc(CN2CCCC3(CCN(C(C)C)C3)C2=O)c1. The third kappa shape index (κ3) is 2.91. The molecule has 1 unspecified atom stereocenters. The van der Waals surface area contributed by atoms with Crippen LogP contribution in [0.3, 0.4) is 0 Å². The third-order valence-corrected chi connectivity index (χ3v) is 5.39. The zero-order valence-corrected chi connectivity index (χ0v) is 14.1. The van der Waals surface area contributed by atoms with Gasteiger partial charge in [0.15, 0.2) is 0 Å². The Balaban J connectivity index is 1.73. The van der Waals surface area contributed by atoms with E-state index in [-0.39, 0.29) is 5.41 Å². The summed E-state index contributed by atoms with van der Waals surface area (Å²) in [5.74, 6) is 0.392. The van der Waals surface area contributed by atoms with Crippen LogP contribution in [-0.4, -0.2) is 41.4 Å². The van der Waals surface area contributed by atoms with Crippen molar-refractivity contribution in [1.29, 1.82) is 0 Å². The van der Waals surface area contributed by atoms with Gasteiger partial charge in [-0.1, -0.05) is 29.8 Å². The fourth-order valence-corrected chi connectivity index (χ4v) is 4.06. The normalized spacial score (nSPS) is 26.4. The minimum Gasteiger partial charge on any atom is -0.338 e. The van der Waals surface area contributed by atoms with E-state index < -0.39 is 0 Å². The summed E-state index contributed by atoms with van der Waals surface area (Å²) in [7, 11) is 0. The molecule has 0 N–H and O–H groups in total. The van der Waals surface area contributed by atoms with Gasteiger partial charge in [0.05, 0.1) is 5.41 Å². The molecule has 3 rings (SSSR count). The number of carbonyl (C=O) groups excluding carboxylic acids is 1. The summed E-state index contributed by atoms with van der Waals surface area (Å²) in [4.78, 5) is 17.7. The van der Waals surface area contributed by atoms with Gasteiger partial charge in [-0.3, -0.25) is 9.69 Å². The molecule has 1 aromatic carbocycles. The molecule has 1 aromatic rings. The molecule has 2 saturated heterocycles. The predicted octanol–water partition coefficient (Wildman–Crippen LogP) is 3.22. The van der Waals surface area contributed by atoms with Crippen molar-refractivity contribution >= 4 is 5.91 Å². The highest BCUT2D eigenvalue weighted by Gasteiger charge is 2.48. The second-order valence-corrected chi connectivity index (χ2v) is 7.41. The van der Waals surface area contributed by atoms with Crippen molar-refractivity contribution in [3.8, 4) is 0 Å². The minimum absolute atomic E-state index is 0.105. The molecule has 1 amide bonds. The Kier molecular flexibility index (Phi) is 4.26. The lowest BCUT2D eigenvalue weighted by Gasteiger charge is -2.40. The number of carbonyl (C=O) groups is 1. The van der Waals surface area contributed by atoms with Gasteiger partial charge in [-0.05, 0) is 52.1 Å². The van der Waals surface area contributed by atoms with Crippen molar-refractivity contribution in [3.05, 3.63) is 35.4 Å². The Morgan fingerprint density at radius 2 is 2.05 bits per heavy atom. The van der Waals surface area contributed by atoms with Crippen LogP contribution in [0, 0.1) is 12.3 Å². The number of benzene rings is 1. The van der Waals surface area contributed by atoms with Gasteiger partial charge < -0.3 is 4.90 Å². The highest BCUT2D eigenvalue weighted by atomic mass is 16.2. The highest BCUT2D eigenvalue weighted by molar-refractivity contribution is 5.84. The molecule has 0 bridgehead atoms.